The molecule has 4 aromatic rings. The number of halogens is 2. The molecule has 0 saturated heterocycles. The summed E-state index contributed by atoms with van der Waals surface area (Å²) in [5.41, 5.74) is 9.39. The lowest BCUT2D eigenvalue weighted by Gasteiger charge is -2.13. The van der Waals surface area contributed by atoms with Crippen LogP contribution >= 0.6 is 23.4 Å². The molecule has 0 spiro atoms. The number of hydrogen-bond acceptors (Lipinski definition) is 7. The van der Waals surface area contributed by atoms with Crippen molar-refractivity contribution in [1.82, 2.24) is 9.97 Å². The van der Waals surface area contributed by atoms with E-state index in [4.69, 9.17) is 26.8 Å². The van der Waals surface area contributed by atoms with Crippen LogP contribution in [0.25, 0.3) is 0 Å². The predicted octanol–water partition coefficient (Wildman–Crippen LogP) is 6.52. The van der Waals surface area contributed by atoms with Crippen molar-refractivity contribution < 1.29 is 13.9 Å². The van der Waals surface area contributed by atoms with Crippen LogP contribution in [-0.4, -0.2) is 22.8 Å². The third-order valence-electron chi connectivity index (χ3n) is 5.09. The zero-order valence-electron chi connectivity index (χ0n) is 19.0. The van der Waals surface area contributed by atoms with Gasteiger partial charge < -0.3 is 20.5 Å². The Labute approximate surface area is 212 Å². The number of methoxy groups -OCH3 is 1. The van der Waals surface area contributed by atoms with E-state index in [9.17, 15) is 4.39 Å². The second-order valence-electron chi connectivity index (χ2n) is 7.58. The molecule has 1 heterocycles. The number of thioether (sulfide) groups is 1. The Balaban J connectivity index is 1.37. The SMILES string of the molecule is COc1cccc(CCSc2ncnc(Nc3ccc(OCc4cccc(F)c4)c(Cl)c3)c2N)c1. The van der Waals surface area contributed by atoms with Gasteiger partial charge in [0, 0.05) is 11.4 Å². The molecule has 0 aliphatic carbocycles. The number of benzene rings is 3. The number of aryl methyl sites for hydroxylation is 1. The van der Waals surface area contributed by atoms with Crippen LogP contribution in [0.2, 0.25) is 5.02 Å². The number of hydrogen-bond donors (Lipinski definition) is 2. The second-order valence-corrected chi connectivity index (χ2v) is 9.07. The Kier molecular flexibility index (Phi) is 8.28. The summed E-state index contributed by atoms with van der Waals surface area (Å²) < 4.78 is 24.4. The molecule has 0 amide bonds. The standard InChI is InChI=1S/C26H24ClFN4O2S/c1-33-21-7-3-4-17(13-21)10-11-35-26-24(29)25(30-16-31-26)32-20-8-9-23(22(27)14-20)34-15-18-5-2-6-19(28)12-18/h2-9,12-14,16H,10-11,15,29H2,1H3,(H,30,31,32). The van der Waals surface area contributed by atoms with E-state index in [1.54, 1.807) is 43.1 Å². The van der Waals surface area contributed by atoms with Gasteiger partial charge in [-0.25, -0.2) is 14.4 Å². The van der Waals surface area contributed by atoms with Crippen molar-refractivity contribution in [2.45, 2.75) is 18.1 Å². The topological polar surface area (TPSA) is 82.3 Å². The number of nitrogen functional groups attached to an aromatic ring is 1. The van der Waals surface area contributed by atoms with E-state index in [0.717, 1.165) is 17.9 Å². The number of nitrogens with two attached hydrogens (primary N) is 1. The number of rotatable bonds is 10. The molecule has 180 valence electrons. The Hall–Kier alpha value is -3.49. The summed E-state index contributed by atoms with van der Waals surface area (Å²) in [5, 5.41) is 4.30. The Morgan fingerprint density at radius 2 is 1.86 bits per heavy atom. The molecule has 4 rings (SSSR count). The summed E-state index contributed by atoms with van der Waals surface area (Å²) >= 11 is 7.96. The van der Waals surface area contributed by atoms with Gasteiger partial charge in [0.1, 0.15) is 41.0 Å². The minimum absolute atomic E-state index is 0.208. The first-order valence-electron chi connectivity index (χ1n) is 10.8. The molecule has 3 aromatic carbocycles. The smallest absolute Gasteiger partial charge is 0.158 e. The molecule has 0 aliphatic heterocycles. The minimum Gasteiger partial charge on any atom is -0.497 e. The third kappa shape index (κ3) is 6.77. The quantitative estimate of drug-likeness (QED) is 0.186. The summed E-state index contributed by atoms with van der Waals surface area (Å²) in [6.45, 7) is 0.208. The Bertz CT molecular complexity index is 1310. The average molecular weight is 511 g/mol. The van der Waals surface area contributed by atoms with Crippen molar-refractivity contribution in [3.63, 3.8) is 0 Å². The minimum atomic E-state index is -0.308. The van der Waals surface area contributed by atoms with E-state index >= 15 is 0 Å². The monoisotopic (exact) mass is 510 g/mol. The normalized spacial score (nSPS) is 10.7. The molecule has 0 atom stereocenters. The van der Waals surface area contributed by atoms with E-state index < -0.39 is 0 Å². The summed E-state index contributed by atoms with van der Waals surface area (Å²) in [4.78, 5) is 8.60. The molecule has 35 heavy (non-hydrogen) atoms. The summed E-state index contributed by atoms with van der Waals surface area (Å²) in [7, 11) is 1.66. The lowest BCUT2D eigenvalue weighted by molar-refractivity contribution is 0.306. The van der Waals surface area contributed by atoms with Crippen LogP contribution in [0.5, 0.6) is 11.5 Å². The first-order chi connectivity index (χ1) is 17.0. The van der Waals surface area contributed by atoms with Gasteiger partial charge >= 0.3 is 0 Å². The van der Waals surface area contributed by atoms with Gasteiger partial charge in [-0.15, -0.1) is 11.8 Å². The number of nitrogens with one attached hydrogen (secondary N) is 1. The Morgan fingerprint density at radius 1 is 1.03 bits per heavy atom. The van der Waals surface area contributed by atoms with E-state index in [2.05, 4.69) is 21.4 Å². The first kappa shape index (κ1) is 24.6. The fourth-order valence-corrected chi connectivity index (χ4v) is 4.45. The van der Waals surface area contributed by atoms with Crippen LogP contribution in [0, 0.1) is 5.82 Å². The predicted molar refractivity (Wildman–Crippen MR) is 139 cm³/mol. The van der Waals surface area contributed by atoms with Crippen LogP contribution in [0.15, 0.2) is 78.1 Å². The Morgan fingerprint density at radius 3 is 2.66 bits per heavy atom. The van der Waals surface area contributed by atoms with Crippen molar-refractivity contribution in [3.05, 3.63) is 95.0 Å². The molecule has 3 N–H and O–H groups in total. The van der Waals surface area contributed by atoms with Crippen molar-refractivity contribution in [1.29, 1.82) is 0 Å². The van der Waals surface area contributed by atoms with Crippen molar-refractivity contribution in [3.8, 4) is 11.5 Å². The van der Waals surface area contributed by atoms with Crippen molar-refractivity contribution in [2.24, 2.45) is 0 Å². The van der Waals surface area contributed by atoms with Gasteiger partial charge in [0.25, 0.3) is 0 Å². The highest BCUT2D eigenvalue weighted by Crippen LogP contribution is 2.33. The van der Waals surface area contributed by atoms with Crippen LogP contribution in [0.4, 0.5) is 21.6 Å². The maximum Gasteiger partial charge on any atom is 0.158 e. The van der Waals surface area contributed by atoms with Crippen molar-refractivity contribution in [2.75, 3.05) is 23.9 Å². The molecular formula is C26H24ClFN4O2S. The van der Waals surface area contributed by atoms with Crippen LogP contribution in [0.1, 0.15) is 11.1 Å². The lowest BCUT2D eigenvalue weighted by Crippen LogP contribution is -2.03. The number of nitrogens with zero attached hydrogens (tertiary/aromatic N) is 2. The maximum absolute atomic E-state index is 13.4. The second kappa shape index (κ2) is 11.8. The number of anilines is 3. The third-order valence-corrected chi connectivity index (χ3v) is 6.39. The van der Waals surface area contributed by atoms with Crippen LogP contribution in [-0.2, 0) is 13.0 Å². The van der Waals surface area contributed by atoms with Crippen LogP contribution < -0.4 is 20.5 Å². The van der Waals surface area contributed by atoms with Gasteiger partial charge in [-0.05, 0) is 60.0 Å². The molecule has 1 aromatic heterocycles. The lowest BCUT2D eigenvalue weighted by atomic mass is 10.2. The fourth-order valence-electron chi connectivity index (χ4n) is 3.31. The van der Waals surface area contributed by atoms with E-state index in [0.29, 0.717) is 38.6 Å². The summed E-state index contributed by atoms with van der Waals surface area (Å²) in [6, 6.07) is 19.5. The number of aromatic nitrogens is 2. The van der Waals surface area contributed by atoms with Gasteiger partial charge in [-0.1, -0.05) is 35.9 Å². The number of ether oxygens (including phenoxy) is 2. The highest BCUT2D eigenvalue weighted by molar-refractivity contribution is 7.99. The van der Waals surface area contributed by atoms with E-state index in [1.807, 2.05) is 24.3 Å². The molecule has 0 unspecified atom stereocenters. The molecule has 0 saturated carbocycles. The van der Waals surface area contributed by atoms with Crippen LogP contribution in [0.3, 0.4) is 0 Å². The van der Waals surface area contributed by atoms with Gasteiger partial charge in [-0.2, -0.15) is 0 Å². The summed E-state index contributed by atoms with van der Waals surface area (Å²) in [6.07, 6.45) is 2.32. The molecule has 9 heteroatoms. The average Bonchev–Trinajstić information content (AvgIpc) is 2.86. The molecular weight excluding hydrogens is 487 g/mol. The maximum atomic E-state index is 13.4. The fraction of sp³-hybridized carbons (Fsp3) is 0.154. The van der Waals surface area contributed by atoms with E-state index in [-0.39, 0.29) is 12.4 Å². The molecule has 0 radical (unpaired) electrons. The van der Waals surface area contributed by atoms with Gasteiger partial charge in [0.2, 0.25) is 0 Å². The van der Waals surface area contributed by atoms with Crippen molar-refractivity contribution >= 4 is 40.6 Å². The highest BCUT2D eigenvalue weighted by atomic mass is 35.5. The molecule has 0 aliphatic rings. The van der Waals surface area contributed by atoms with Gasteiger partial charge in [-0.3, -0.25) is 0 Å². The van der Waals surface area contributed by atoms with Gasteiger partial charge in [0.05, 0.1) is 12.1 Å². The first-order valence-corrected chi connectivity index (χ1v) is 12.2. The largest absolute Gasteiger partial charge is 0.497 e. The van der Waals surface area contributed by atoms with Gasteiger partial charge in [0.15, 0.2) is 5.82 Å². The molecule has 6 nitrogen and oxygen atoms in total. The zero-order valence-corrected chi connectivity index (χ0v) is 20.6. The zero-order chi connectivity index (χ0) is 24.6. The molecule has 0 bridgehead atoms. The highest BCUT2D eigenvalue weighted by Gasteiger charge is 2.11. The summed E-state index contributed by atoms with van der Waals surface area (Å²) in [5.74, 6) is 2.32. The van der Waals surface area contributed by atoms with E-state index in [1.165, 1.54) is 24.0 Å². The molecule has 0 fully saturated rings.